The fourth-order valence-corrected chi connectivity index (χ4v) is 1.32. The smallest absolute Gasteiger partial charge is 0.242 e. The van der Waals surface area contributed by atoms with Crippen molar-refractivity contribution >= 4 is 11.9 Å². The Morgan fingerprint density at radius 2 is 2.00 bits per heavy atom. The van der Waals surface area contributed by atoms with Gasteiger partial charge >= 0.3 is 0 Å². The Morgan fingerprint density at radius 1 is 1.28 bits per heavy atom. The summed E-state index contributed by atoms with van der Waals surface area (Å²) in [6.07, 6.45) is 0.969. The zero-order valence-electron chi connectivity index (χ0n) is 10.6. The van der Waals surface area contributed by atoms with E-state index in [2.05, 4.69) is 15.6 Å². The van der Waals surface area contributed by atoms with Gasteiger partial charge in [-0.3, -0.25) is 4.79 Å². The lowest BCUT2D eigenvalue weighted by Crippen LogP contribution is -2.34. The normalized spacial score (nSPS) is 11.1. The number of nitrogens with zero attached hydrogens (tertiary/aromatic N) is 1. The van der Waals surface area contributed by atoms with Gasteiger partial charge in [-0.05, 0) is 12.0 Å². The first-order chi connectivity index (χ1) is 8.72. The van der Waals surface area contributed by atoms with Crippen molar-refractivity contribution < 1.29 is 4.79 Å². The molecular weight excluding hydrogens is 228 g/mol. The third-order valence-corrected chi connectivity index (χ3v) is 2.28. The van der Waals surface area contributed by atoms with E-state index in [1.165, 1.54) is 0 Å². The van der Waals surface area contributed by atoms with E-state index in [0.717, 1.165) is 18.5 Å². The average molecular weight is 248 g/mol. The Kier molecular flexibility index (Phi) is 6.32. The van der Waals surface area contributed by atoms with Crippen molar-refractivity contribution in [2.45, 2.75) is 19.9 Å². The van der Waals surface area contributed by atoms with E-state index >= 15 is 0 Å². The first-order valence-corrected chi connectivity index (χ1v) is 6.06. The summed E-state index contributed by atoms with van der Waals surface area (Å²) in [5.41, 5.74) is 6.64. The number of benzene rings is 1. The summed E-state index contributed by atoms with van der Waals surface area (Å²) in [5.74, 6) is 0.173. The molecule has 0 saturated heterocycles. The van der Waals surface area contributed by atoms with Crippen molar-refractivity contribution in [1.82, 2.24) is 10.6 Å². The highest BCUT2D eigenvalue weighted by molar-refractivity contribution is 5.83. The highest BCUT2D eigenvalue weighted by atomic mass is 16.1. The maximum Gasteiger partial charge on any atom is 0.242 e. The predicted molar refractivity (Wildman–Crippen MR) is 73.1 cm³/mol. The molecule has 0 aliphatic heterocycles. The zero-order valence-corrected chi connectivity index (χ0v) is 10.6. The molecule has 0 aliphatic carbocycles. The third-order valence-electron chi connectivity index (χ3n) is 2.28. The number of rotatable bonds is 6. The fraction of sp³-hybridized carbons (Fsp3) is 0.385. The van der Waals surface area contributed by atoms with Crippen LogP contribution in [-0.2, 0) is 11.3 Å². The molecule has 0 radical (unpaired) electrons. The molecule has 0 fully saturated rings. The van der Waals surface area contributed by atoms with E-state index in [4.69, 9.17) is 5.73 Å². The lowest BCUT2D eigenvalue weighted by molar-refractivity contribution is -0.119. The number of amides is 1. The van der Waals surface area contributed by atoms with Gasteiger partial charge in [0.05, 0.1) is 0 Å². The first kappa shape index (κ1) is 14.0. The second kappa shape index (κ2) is 8.11. The van der Waals surface area contributed by atoms with Gasteiger partial charge in [0.25, 0.3) is 0 Å². The van der Waals surface area contributed by atoms with Crippen molar-refractivity contribution in [2.75, 3.05) is 13.1 Å². The summed E-state index contributed by atoms with van der Waals surface area (Å²) in [5, 5.41) is 5.69. The molecule has 5 heteroatoms. The van der Waals surface area contributed by atoms with Crippen LogP contribution in [0.15, 0.2) is 35.3 Å². The Morgan fingerprint density at radius 3 is 2.67 bits per heavy atom. The number of nitrogens with one attached hydrogen (secondary N) is 2. The molecule has 0 unspecified atom stereocenters. The van der Waals surface area contributed by atoms with Crippen LogP contribution in [0.2, 0.25) is 0 Å². The Labute approximate surface area is 107 Å². The van der Waals surface area contributed by atoms with Crippen molar-refractivity contribution in [1.29, 1.82) is 0 Å². The predicted octanol–water partition coefficient (Wildman–Crippen LogP) is 0.617. The Bertz CT molecular complexity index is 389. The molecule has 0 atom stereocenters. The van der Waals surface area contributed by atoms with E-state index in [-0.39, 0.29) is 12.5 Å². The quantitative estimate of drug-likeness (QED) is 0.510. The SMILES string of the molecule is CCCNC(N)=NCC(=O)NCc1ccccc1. The van der Waals surface area contributed by atoms with Crippen LogP contribution in [0.5, 0.6) is 0 Å². The van der Waals surface area contributed by atoms with Gasteiger partial charge in [0.2, 0.25) is 5.91 Å². The van der Waals surface area contributed by atoms with Gasteiger partial charge in [0.1, 0.15) is 6.54 Å². The number of aliphatic imine (C=N–C) groups is 1. The summed E-state index contributed by atoms with van der Waals surface area (Å²) in [7, 11) is 0. The molecule has 4 N–H and O–H groups in total. The van der Waals surface area contributed by atoms with Gasteiger partial charge in [-0.1, -0.05) is 37.3 Å². The van der Waals surface area contributed by atoms with E-state index < -0.39 is 0 Å². The lowest BCUT2D eigenvalue weighted by Gasteiger charge is -2.05. The zero-order chi connectivity index (χ0) is 13.2. The molecule has 1 aromatic rings. The van der Waals surface area contributed by atoms with Gasteiger partial charge < -0.3 is 16.4 Å². The number of guanidine groups is 1. The average Bonchev–Trinajstić information content (AvgIpc) is 2.41. The summed E-state index contributed by atoms with van der Waals surface area (Å²) in [6.45, 7) is 3.36. The molecule has 98 valence electrons. The van der Waals surface area contributed by atoms with E-state index in [0.29, 0.717) is 12.5 Å². The minimum absolute atomic E-state index is 0.0510. The van der Waals surface area contributed by atoms with Crippen LogP contribution in [0.4, 0.5) is 0 Å². The number of hydrogen-bond donors (Lipinski definition) is 3. The van der Waals surface area contributed by atoms with Gasteiger partial charge in [-0.15, -0.1) is 0 Å². The molecule has 0 bridgehead atoms. The molecular formula is C13H20N4O. The molecule has 18 heavy (non-hydrogen) atoms. The highest BCUT2D eigenvalue weighted by Gasteiger charge is 2.00. The maximum absolute atomic E-state index is 11.5. The largest absolute Gasteiger partial charge is 0.370 e. The van der Waals surface area contributed by atoms with Crippen molar-refractivity contribution in [3.63, 3.8) is 0 Å². The van der Waals surface area contributed by atoms with E-state index in [9.17, 15) is 4.79 Å². The van der Waals surface area contributed by atoms with Gasteiger partial charge in [-0.2, -0.15) is 0 Å². The van der Waals surface area contributed by atoms with Crippen LogP contribution in [0.25, 0.3) is 0 Å². The summed E-state index contributed by atoms with van der Waals surface area (Å²) in [4.78, 5) is 15.4. The number of hydrogen-bond acceptors (Lipinski definition) is 2. The molecule has 0 heterocycles. The van der Waals surface area contributed by atoms with E-state index in [1.54, 1.807) is 0 Å². The summed E-state index contributed by atoms with van der Waals surface area (Å²) in [6, 6.07) is 9.73. The second-order valence-electron chi connectivity index (χ2n) is 3.89. The molecule has 1 aromatic carbocycles. The van der Waals surface area contributed by atoms with E-state index in [1.807, 2.05) is 37.3 Å². The summed E-state index contributed by atoms with van der Waals surface area (Å²) >= 11 is 0. The number of nitrogens with two attached hydrogens (primary N) is 1. The maximum atomic E-state index is 11.5. The van der Waals surface area contributed by atoms with Crippen LogP contribution >= 0.6 is 0 Å². The molecule has 0 aromatic heterocycles. The number of carbonyl (C=O) groups is 1. The lowest BCUT2D eigenvalue weighted by atomic mass is 10.2. The first-order valence-electron chi connectivity index (χ1n) is 6.06. The topological polar surface area (TPSA) is 79.5 Å². The molecule has 1 amide bonds. The highest BCUT2D eigenvalue weighted by Crippen LogP contribution is 1.96. The van der Waals surface area contributed by atoms with Gasteiger partial charge in [0, 0.05) is 13.1 Å². The van der Waals surface area contributed by atoms with Crippen molar-refractivity contribution in [3.05, 3.63) is 35.9 Å². The minimum atomic E-state index is -0.139. The van der Waals surface area contributed by atoms with Crippen molar-refractivity contribution in [2.24, 2.45) is 10.7 Å². The van der Waals surface area contributed by atoms with Crippen LogP contribution in [0, 0.1) is 0 Å². The Balaban J connectivity index is 2.25. The van der Waals surface area contributed by atoms with Crippen LogP contribution in [-0.4, -0.2) is 25.0 Å². The van der Waals surface area contributed by atoms with Crippen molar-refractivity contribution in [3.8, 4) is 0 Å². The third kappa shape index (κ3) is 5.89. The monoisotopic (exact) mass is 248 g/mol. The van der Waals surface area contributed by atoms with Crippen LogP contribution < -0.4 is 16.4 Å². The molecule has 0 aliphatic rings. The summed E-state index contributed by atoms with van der Waals surface area (Å²) < 4.78 is 0. The molecule has 0 saturated carbocycles. The van der Waals surface area contributed by atoms with Crippen LogP contribution in [0.3, 0.4) is 0 Å². The second-order valence-corrected chi connectivity index (χ2v) is 3.89. The molecule has 5 nitrogen and oxygen atoms in total. The molecule has 1 rings (SSSR count). The number of carbonyl (C=O) groups excluding carboxylic acids is 1. The Hall–Kier alpha value is -2.04. The standard InChI is InChI=1S/C13H20N4O/c1-2-8-15-13(14)17-10-12(18)16-9-11-6-4-3-5-7-11/h3-7H,2,8-10H2,1H3,(H,16,18)(H3,14,15,17). The van der Waals surface area contributed by atoms with Gasteiger partial charge in [-0.25, -0.2) is 4.99 Å². The van der Waals surface area contributed by atoms with Gasteiger partial charge in [0.15, 0.2) is 5.96 Å². The fourth-order valence-electron chi connectivity index (χ4n) is 1.32. The van der Waals surface area contributed by atoms with Crippen LogP contribution in [0.1, 0.15) is 18.9 Å². The molecule has 0 spiro atoms. The minimum Gasteiger partial charge on any atom is -0.370 e.